The highest BCUT2D eigenvalue weighted by molar-refractivity contribution is 6.08. The average Bonchev–Trinajstić information content (AvgIpc) is 2.83. The van der Waals surface area contributed by atoms with E-state index in [0.29, 0.717) is 5.56 Å². The van der Waals surface area contributed by atoms with Gasteiger partial charge in [-0.25, -0.2) is 4.98 Å². The lowest BCUT2D eigenvalue weighted by atomic mass is 10.0. The number of nitrogens with zero attached hydrogens (tertiary/aromatic N) is 2. The van der Waals surface area contributed by atoms with Gasteiger partial charge in [0.25, 0.3) is 5.91 Å². The van der Waals surface area contributed by atoms with Crippen LogP contribution in [0.5, 0.6) is 0 Å². The summed E-state index contributed by atoms with van der Waals surface area (Å²) in [6, 6.07) is 25.2. The SMILES string of the molecule is CCc1ccccc1NC(=O)CN(C)C(=O)c1cc(-c2ccc(C)cc2)nc2ccccc12. The van der Waals surface area contributed by atoms with E-state index in [1.54, 1.807) is 7.05 Å². The highest BCUT2D eigenvalue weighted by atomic mass is 16.2. The predicted molar refractivity (Wildman–Crippen MR) is 133 cm³/mol. The van der Waals surface area contributed by atoms with Crippen LogP contribution >= 0.6 is 0 Å². The molecule has 0 radical (unpaired) electrons. The number of benzene rings is 3. The highest BCUT2D eigenvalue weighted by Crippen LogP contribution is 2.26. The summed E-state index contributed by atoms with van der Waals surface area (Å²) in [5.74, 6) is -0.454. The van der Waals surface area contributed by atoms with Crippen molar-refractivity contribution in [1.82, 2.24) is 9.88 Å². The first-order valence-electron chi connectivity index (χ1n) is 11.1. The number of carbonyl (C=O) groups is 2. The second-order valence-corrected chi connectivity index (χ2v) is 8.16. The topological polar surface area (TPSA) is 62.3 Å². The molecule has 33 heavy (non-hydrogen) atoms. The Hall–Kier alpha value is -3.99. The largest absolute Gasteiger partial charge is 0.332 e. The Kier molecular flexibility index (Phi) is 6.50. The molecule has 5 nitrogen and oxygen atoms in total. The smallest absolute Gasteiger partial charge is 0.254 e. The van der Waals surface area contributed by atoms with Crippen LogP contribution in [-0.4, -0.2) is 35.3 Å². The van der Waals surface area contributed by atoms with E-state index >= 15 is 0 Å². The lowest BCUT2D eigenvalue weighted by molar-refractivity contribution is -0.116. The second kappa shape index (κ2) is 9.65. The van der Waals surface area contributed by atoms with E-state index in [1.165, 1.54) is 4.90 Å². The third-order valence-electron chi connectivity index (χ3n) is 5.69. The quantitative estimate of drug-likeness (QED) is 0.434. The molecule has 3 aromatic carbocycles. The van der Waals surface area contributed by atoms with E-state index < -0.39 is 0 Å². The Bertz CT molecular complexity index is 1310. The molecular weight excluding hydrogens is 410 g/mol. The van der Waals surface area contributed by atoms with E-state index in [9.17, 15) is 9.59 Å². The van der Waals surface area contributed by atoms with Crippen molar-refractivity contribution in [2.45, 2.75) is 20.3 Å². The molecule has 0 saturated heterocycles. The van der Waals surface area contributed by atoms with Crippen molar-refractivity contribution < 1.29 is 9.59 Å². The second-order valence-electron chi connectivity index (χ2n) is 8.16. The van der Waals surface area contributed by atoms with Gasteiger partial charge >= 0.3 is 0 Å². The molecule has 0 fully saturated rings. The Labute approximate surface area is 194 Å². The molecule has 5 heteroatoms. The summed E-state index contributed by atoms with van der Waals surface area (Å²) < 4.78 is 0. The summed E-state index contributed by atoms with van der Waals surface area (Å²) in [5, 5.41) is 3.70. The number of para-hydroxylation sites is 2. The molecule has 1 aromatic heterocycles. The number of rotatable bonds is 6. The van der Waals surface area contributed by atoms with Gasteiger partial charge < -0.3 is 10.2 Å². The van der Waals surface area contributed by atoms with Crippen molar-refractivity contribution in [2.75, 3.05) is 18.9 Å². The minimum atomic E-state index is -0.233. The van der Waals surface area contributed by atoms with Crippen molar-refractivity contribution in [3.05, 3.63) is 95.6 Å². The number of hydrogen-bond donors (Lipinski definition) is 1. The van der Waals surface area contributed by atoms with Crippen LogP contribution < -0.4 is 5.32 Å². The van der Waals surface area contributed by atoms with E-state index in [-0.39, 0.29) is 18.4 Å². The van der Waals surface area contributed by atoms with Crippen molar-refractivity contribution in [2.24, 2.45) is 0 Å². The van der Waals surface area contributed by atoms with Gasteiger partial charge in [0, 0.05) is 23.7 Å². The van der Waals surface area contributed by atoms with Crippen molar-refractivity contribution >= 4 is 28.4 Å². The predicted octanol–water partition coefficient (Wildman–Crippen LogP) is 5.48. The highest BCUT2D eigenvalue weighted by Gasteiger charge is 2.20. The molecule has 166 valence electrons. The van der Waals surface area contributed by atoms with Crippen LogP contribution in [0.4, 0.5) is 5.69 Å². The van der Waals surface area contributed by atoms with E-state index in [0.717, 1.165) is 45.4 Å². The third-order valence-corrected chi connectivity index (χ3v) is 5.69. The Balaban J connectivity index is 1.61. The molecule has 0 saturated carbocycles. The molecule has 0 bridgehead atoms. The zero-order chi connectivity index (χ0) is 23.4. The van der Waals surface area contributed by atoms with E-state index in [4.69, 9.17) is 4.98 Å². The zero-order valence-electron chi connectivity index (χ0n) is 19.1. The zero-order valence-corrected chi connectivity index (χ0v) is 19.1. The lowest BCUT2D eigenvalue weighted by Crippen LogP contribution is -2.35. The van der Waals surface area contributed by atoms with Gasteiger partial charge in [-0.3, -0.25) is 9.59 Å². The minimum Gasteiger partial charge on any atom is -0.332 e. The molecule has 0 unspecified atom stereocenters. The maximum absolute atomic E-state index is 13.4. The van der Waals surface area contributed by atoms with Crippen molar-refractivity contribution in [3.63, 3.8) is 0 Å². The van der Waals surface area contributed by atoms with E-state index in [1.807, 2.05) is 92.7 Å². The summed E-state index contributed by atoms with van der Waals surface area (Å²) in [7, 11) is 1.65. The van der Waals surface area contributed by atoms with E-state index in [2.05, 4.69) is 5.32 Å². The summed E-state index contributed by atoms with van der Waals surface area (Å²) >= 11 is 0. The van der Waals surface area contributed by atoms with Gasteiger partial charge in [-0.1, -0.05) is 73.2 Å². The number of amides is 2. The normalized spacial score (nSPS) is 10.8. The summed E-state index contributed by atoms with van der Waals surface area (Å²) in [5.41, 5.74) is 5.94. The number of pyridine rings is 1. The minimum absolute atomic E-state index is 0.0482. The van der Waals surface area contributed by atoms with Crippen molar-refractivity contribution in [3.8, 4) is 11.3 Å². The van der Waals surface area contributed by atoms with Gasteiger partial charge in [0.05, 0.1) is 23.3 Å². The monoisotopic (exact) mass is 437 g/mol. The van der Waals surface area contributed by atoms with Crippen molar-refractivity contribution in [1.29, 1.82) is 0 Å². The summed E-state index contributed by atoms with van der Waals surface area (Å²) in [4.78, 5) is 32.3. The van der Waals surface area contributed by atoms with Crippen LogP contribution in [-0.2, 0) is 11.2 Å². The molecule has 4 aromatic rings. The Morgan fingerprint density at radius 3 is 2.39 bits per heavy atom. The number of fused-ring (bicyclic) bond motifs is 1. The Morgan fingerprint density at radius 2 is 1.64 bits per heavy atom. The van der Waals surface area contributed by atoms with Gasteiger partial charge in [0.2, 0.25) is 5.91 Å². The molecule has 0 spiro atoms. The first-order chi connectivity index (χ1) is 16.0. The van der Waals surface area contributed by atoms with Crippen LogP contribution in [0.15, 0.2) is 78.9 Å². The molecule has 0 aliphatic rings. The molecule has 1 N–H and O–H groups in total. The molecular formula is C28H27N3O2. The number of likely N-dealkylation sites (N-methyl/N-ethyl adjacent to an activating group) is 1. The van der Waals surface area contributed by atoms with Crippen LogP contribution in [0, 0.1) is 6.92 Å². The van der Waals surface area contributed by atoms with Crippen LogP contribution in [0.1, 0.15) is 28.4 Å². The summed E-state index contributed by atoms with van der Waals surface area (Å²) in [6.07, 6.45) is 0.815. The number of aryl methyl sites for hydroxylation is 2. The standard InChI is InChI=1S/C28H27N3O2/c1-4-20-9-5-7-11-24(20)30-27(32)18-31(3)28(33)23-17-26(21-15-13-19(2)14-16-21)29-25-12-8-6-10-22(23)25/h5-17H,4,18H2,1-3H3,(H,30,32). The fourth-order valence-corrected chi connectivity index (χ4v) is 3.86. The van der Waals surface area contributed by atoms with Crippen LogP contribution in [0.3, 0.4) is 0 Å². The fraction of sp³-hybridized carbons (Fsp3) is 0.179. The first-order valence-corrected chi connectivity index (χ1v) is 11.1. The molecule has 0 atom stereocenters. The molecule has 1 heterocycles. The lowest BCUT2D eigenvalue weighted by Gasteiger charge is -2.19. The molecule has 0 aliphatic heterocycles. The Morgan fingerprint density at radius 1 is 0.939 bits per heavy atom. The number of carbonyl (C=O) groups excluding carboxylic acids is 2. The van der Waals surface area contributed by atoms with Gasteiger partial charge in [-0.05, 0) is 37.1 Å². The third kappa shape index (κ3) is 4.93. The number of anilines is 1. The number of hydrogen-bond acceptors (Lipinski definition) is 3. The van der Waals surface area contributed by atoms with Gasteiger partial charge in [0.15, 0.2) is 0 Å². The maximum atomic E-state index is 13.4. The van der Waals surface area contributed by atoms with Gasteiger partial charge in [-0.15, -0.1) is 0 Å². The first kappa shape index (κ1) is 22.2. The molecule has 0 aliphatic carbocycles. The van der Waals surface area contributed by atoms with Crippen LogP contribution in [0.2, 0.25) is 0 Å². The maximum Gasteiger partial charge on any atom is 0.254 e. The molecule has 2 amide bonds. The van der Waals surface area contributed by atoms with Crippen LogP contribution in [0.25, 0.3) is 22.2 Å². The number of aromatic nitrogens is 1. The number of nitrogens with one attached hydrogen (secondary N) is 1. The van der Waals surface area contributed by atoms with Gasteiger partial charge in [-0.2, -0.15) is 0 Å². The molecule has 4 rings (SSSR count). The fourth-order valence-electron chi connectivity index (χ4n) is 3.86. The van der Waals surface area contributed by atoms with Gasteiger partial charge in [0.1, 0.15) is 0 Å². The summed E-state index contributed by atoms with van der Waals surface area (Å²) in [6.45, 7) is 4.03. The average molecular weight is 438 g/mol.